The second-order valence-corrected chi connectivity index (χ2v) is 13.3. The highest BCUT2D eigenvalue weighted by atomic mass is 35.5. The Morgan fingerprint density at radius 2 is 1.78 bits per heavy atom. The molecule has 0 bridgehead atoms. The zero-order chi connectivity index (χ0) is 27.3. The summed E-state index contributed by atoms with van der Waals surface area (Å²) in [5.41, 5.74) is 0.878. The first kappa shape index (κ1) is 29.6. The monoisotopic (exact) mass is 571 g/mol. The number of hydrogen-bond acceptors (Lipinski definition) is 4. The lowest BCUT2D eigenvalue weighted by Gasteiger charge is -2.44. The van der Waals surface area contributed by atoms with Crippen LogP contribution in [-0.2, 0) is 25.1 Å². The van der Waals surface area contributed by atoms with Crippen LogP contribution in [0, 0.1) is 11.7 Å². The summed E-state index contributed by atoms with van der Waals surface area (Å²) in [6.45, 7) is 5.99. The average Bonchev–Trinajstić information content (AvgIpc) is 3.66. The quantitative estimate of drug-likeness (QED) is 0.448. The van der Waals surface area contributed by atoms with Crippen molar-refractivity contribution in [3.05, 3.63) is 70.0 Å². The van der Waals surface area contributed by atoms with E-state index in [0.717, 1.165) is 18.4 Å². The number of morpholine rings is 1. The Kier molecular flexibility index (Phi) is 10.1. The third-order valence-corrected chi connectivity index (χ3v) is 8.86. The van der Waals surface area contributed by atoms with Crippen LogP contribution in [0.1, 0.15) is 51.6 Å². The zero-order valence-electron chi connectivity index (χ0n) is 21.0. The SMILES string of the molecule is CC(C)(C)S(=O)CC(C1CC1)N1C(=O)C(CC(=O)O)OCC1c1ccc(Cl)cc1.Fc1ccccc1Cl. The van der Waals surface area contributed by atoms with Crippen LogP contribution < -0.4 is 0 Å². The fourth-order valence-corrected chi connectivity index (χ4v) is 5.59. The molecule has 1 saturated heterocycles. The van der Waals surface area contributed by atoms with Gasteiger partial charge < -0.3 is 14.7 Å². The van der Waals surface area contributed by atoms with Gasteiger partial charge in [-0.2, -0.15) is 0 Å². The normalized spacial score (nSPS) is 21.6. The number of carbonyl (C=O) groups excluding carboxylic acids is 1. The summed E-state index contributed by atoms with van der Waals surface area (Å²) in [6, 6.07) is 12.8. The van der Waals surface area contributed by atoms with Crippen LogP contribution in [0.15, 0.2) is 48.5 Å². The molecule has 10 heteroatoms. The van der Waals surface area contributed by atoms with E-state index in [-0.39, 0.29) is 47.8 Å². The Bertz CT molecular complexity index is 1100. The molecule has 4 atom stereocenters. The van der Waals surface area contributed by atoms with E-state index >= 15 is 0 Å². The molecule has 0 aromatic heterocycles. The molecule has 202 valence electrons. The van der Waals surface area contributed by atoms with Crippen molar-refractivity contribution in [3.63, 3.8) is 0 Å². The Hall–Kier alpha value is -2.00. The lowest BCUT2D eigenvalue weighted by atomic mass is 9.98. The maximum absolute atomic E-state index is 13.3. The topological polar surface area (TPSA) is 83.9 Å². The molecule has 1 saturated carbocycles. The molecule has 4 unspecified atom stereocenters. The van der Waals surface area contributed by atoms with Gasteiger partial charge in [-0.1, -0.05) is 47.5 Å². The molecule has 4 rings (SSSR count). The van der Waals surface area contributed by atoms with Crippen LogP contribution >= 0.6 is 23.2 Å². The molecule has 1 amide bonds. The van der Waals surface area contributed by atoms with E-state index in [9.17, 15) is 23.3 Å². The second-order valence-electron chi connectivity index (χ2n) is 10.2. The molecule has 2 aliphatic rings. The van der Waals surface area contributed by atoms with Crippen molar-refractivity contribution in [2.45, 2.75) is 63.0 Å². The van der Waals surface area contributed by atoms with E-state index in [1.54, 1.807) is 29.2 Å². The highest BCUT2D eigenvalue weighted by Gasteiger charge is 2.47. The van der Waals surface area contributed by atoms with Crippen molar-refractivity contribution in [2.75, 3.05) is 12.4 Å². The Morgan fingerprint density at radius 3 is 2.27 bits per heavy atom. The van der Waals surface area contributed by atoms with E-state index in [1.165, 1.54) is 12.1 Å². The van der Waals surface area contributed by atoms with E-state index in [0.29, 0.717) is 10.8 Å². The van der Waals surface area contributed by atoms with Crippen LogP contribution in [0.3, 0.4) is 0 Å². The van der Waals surface area contributed by atoms with Crippen molar-refractivity contribution in [1.29, 1.82) is 0 Å². The number of benzene rings is 2. The van der Waals surface area contributed by atoms with Gasteiger partial charge in [0.05, 0.1) is 24.1 Å². The van der Waals surface area contributed by atoms with Crippen LogP contribution in [0.5, 0.6) is 0 Å². The van der Waals surface area contributed by atoms with Gasteiger partial charge in [0.2, 0.25) is 0 Å². The number of halogens is 3. The highest BCUT2D eigenvalue weighted by molar-refractivity contribution is 7.86. The summed E-state index contributed by atoms with van der Waals surface area (Å²) < 4.78 is 30.4. The third kappa shape index (κ3) is 8.24. The van der Waals surface area contributed by atoms with Gasteiger partial charge in [0.15, 0.2) is 0 Å². The van der Waals surface area contributed by atoms with Crippen molar-refractivity contribution in [3.8, 4) is 0 Å². The molecule has 1 heterocycles. The number of aliphatic carboxylic acids is 1. The lowest BCUT2D eigenvalue weighted by Crippen LogP contribution is -2.56. The van der Waals surface area contributed by atoms with Crippen LogP contribution in [0.25, 0.3) is 0 Å². The van der Waals surface area contributed by atoms with Gasteiger partial charge in [-0.15, -0.1) is 0 Å². The molecule has 2 aromatic rings. The number of carboxylic acid groups (broad SMARTS) is 1. The molecule has 0 spiro atoms. The van der Waals surface area contributed by atoms with Gasteiger partial charge >= 0.3 is 5.97 Å². The fourth-order valence-electron chi connectivity index (χ4n) is 4.09. The van der Waals surface area contributed by atoms with Gasteiger partial charge in [-0.05, 0) is 69.4 Å². The van der Waals surface area contributed by atoms with Crippen LogP contribution in [0.4, 0.5) is 4.39 Å². The second kappa shape index (κ2) is 12.7. The van der Waals surface area contributed by atoms with Crippen molar-refractivity contribution >= 4 is 45.9 Å². The third-order valence-electron chi connectivity index (χ3n) is 6.29. The minimum atomic E-state index is -1.13. The molecule has 0 radical (unpaired) electrons. The van der Waals surface area contributed by atoms with Gasteiger partial charge in [-0.3, -0.25) is 13.8 Å². The van der Waals surface area contributed by atoms with E-state index in [1.807, 2.05) is 32.9 Å². The summed E-state index contributed by atoms with van der Waals surface area (Å²) in [5.74, 6) is -1.11. The van der Waals surface area contributed by atoms with Crippen molar-refractivity contribution in [2.24, 2.45) is 5.92 Å². The van der Waals surface area contributed by atoms with Gasteiger partial charge in [0, 0.05) is 32.4 Å². The number of carboxylic acids is 1. The summed E-state index contributed by atoms with van der Waals surface area (Å²) in [7, 11) is -1.13. The highest BCUT2D eigenvalue weighted by Crippen LogP contribution is 2.42. The zero-order valence-corrected chi connectivity index (χ0v) is 23.4. The van der Waals surface area contributed by atoms with Crippen molar-refractivity contribution in [1.82, 2.24) is 4.90 Å². The number of nitrogens with zero attached hydrogens (tertiary/aromatic N) is 1. The van der Waals surface area contributed by atoms with E-state index in [2.05, 4.69) is 0 Å². The number of hydrogen-bond donors (Lipinski definition) is 1. The fraction of sp³-hybridized carbons (Fsp3) is 0.481. The van der Waals surface area contributed by atoms with Gasteiger partial charge in [0.25, 0.3) is 5.91 Å². The van der Waals surface area contributed by atoms with Crippen LogP contribution in [-0.4, -0.2) is 55.3 Å². The van der Waals surface area contributed by atoms with Crippen LogP contribution in [0.2, 0.25) is 10.0 Å². The smallest absolute Gasteiger partial charge is 0.306 e. The summed E-state index contributed by atoms with van der Waals surface area (Å²) in [5, 5.41) is 9.95. The Labute approximate surface area is 229 Å². The Morgan fingerprint density at radius 1 is 1.16 bits per heavy atom. The largest absolute Gasteiger partial charge is 0.481 e. The Balaban J connectivity index is 0.000000405. The molecule has 1 aliphatic heterocycles. The van der Waals surface area contributed by atoms with E-state index in [4.69, 9.17) is 27.9 Å². The molecule has 37 heavy (non-hydrogen) atoms. The minimum absolute atomic E-state index is 0.174. The molecule has 1 aliphatic carbocycles. The first-order valence-corrected chi connectivity index (χ1v) is 14.2. The number of ether oxygens (including phenoxy) is 1. The molecule has 2 fully saturated rings. The molecule has 6 nitrogen and oxygen atoms in total. The van der Waals surface area contributed by atoms with Gasteiger partial charge in [0.1, 0.15) is 11.9 Å². The summed E-state index contributed by atoms with van der Waals surface area (Å²) >= 11 is 11.4. The van der Waals surface area contributed by atoms with E-state index < -0.39 is 27.6 Å². The number of carbonyl (C=O) groups is 2. The first-order chi connectivity index (χ1) is 17.4. The van der Waals surface area contributed by atoms with Gasteiger partial charge in [-0.25, -0.2) is 4.39 Å². The lowest BCUT2D eigenvalue weighted by molar-refractivity contribution is -0.169. The maximum atomic E-state index is 13.3. The number of rotatable bonds is 7. The molecule has 1 N–H and O–H groups in total. The maximum Gasteiger partial charge on any atom is 0.306 e. The summed E-state index contributed by atoms with van der Waals surface area (Å²) in [6.07, 6.45) is 0.573. The average molecular weight is 573 g/mol. The predicted octanol–water partition coefficient (Wildman–Crippen LogP) is 5.89. The van der Waals surface area contributed by atoms with Crippen molar-refractivity contribution < 1.29 is 28.0 Å². The molecular weight excluding hydrogens is 540 g/mol. The molecular formula is C27H32Cl2FNO5S. The molecule has 2 aromatic carbocycles. The first-order valence-electron chi connectivity index (χ1n) is 12.1. The summed E-state index contributed by atoms with van der Waals surface area (Å²) in [4.78, 5) is 26.3. The predicted molar refractivity (Wildman–Crippen MR) is 144 cm³/mol. The number of amides is 1. The standard InChI is InChI=1S/C21H28ClNO5S.C6H4ClF/c1-21(2,3)29(27)12-17(14-4-5-14)23-16(13-6-8-15(22)9-7-13)11-28-18(20(23)26)10-19(24)25;7-5-3-1-2-4-6(5)8/h6-9,14,16-18H,4-5,10-12H2,1-3H3,(H,24,25);1-4H. The minimum Gasteiger partial charge on any atom is -0.481 e.